The molecule has 0 unspecified atom stereocenters. The standard InChI is InChI=1S/C16H16Cl2S3/c1-3-19-11-5-7-15(13(17)9-11)21-16-8-6-12(20-4-2)10-14(16)18/h5-10H,3-4H2,1-2H3. The molecule has 0 aliphatic heterocycles. The van der Waals surface area contributed by atoms with E-state index in [2.05, 4.69) is 38.1 Å². The normalized spacial score (nSPS) is 10.9. The number of hydrogen-bond donors (Lipinski definition) is 0. The molecule has 112 valence electrons. The van der Waals surface area contributed by atoms with Crippen LogP contribution < -0.4 is 0 Å². The summed E-state index contributed by atoms with van der Waals surface area (Å²) in [6.45, 7) is 4.27. The first-order valence-corrected chi connectivity index (χ1v) is 10.2. The van der Waals surface area contributed by atoms with Gasteiger partial charge >= 0.3 is 0 Å². The van der Waals surface area contributed by atoms with Crippen LogP contribution in [0.15, 0.2) is 56.0 Å². The SMILES string of the molecule is CCSc1ccc(Sc2ccc(SCC)cc2Cl)c(Cl)c1. The van der Waals surface area contributed by atoms with E-state index >= 15 is 0 Å². The minimum atomic E-state index is 0.779. The van der Waals surface area contributed by atoms with Crippen molar-refractivity contribution in [1.82, 2.24) is 0 Å². The Morgan fingerprint density at radius 3 is 1.52 bits per heavy atom. The summed E-state index contributed by atoms with van der Waals surface area (Å²) in [4.78, 5) is 4.48. The van der Waals surface area contributed by atoms with Crippen molar-refractivity contribution in [1.29, 1.82) is 0 Å². The molecule has 2 aromatic rings. The Hall–Kier alpha value is 0.0700. The van der Waals surface area contributed by atoms with Gasteiger partial charge in [-0.1, -0.05) is 48.8 Å². The number of rotatable bonds is 6. The molecule has 0 bridgehead atoms. The monoisotopic (exact) mass is 374 g/mol. The van der Waals surface area contributed by atoms with Crippen molar-refractivity contribution >= 4 is 58.5 Å². The van der Waals surface area contributed by atoms with Gasteiger partial charge in [-0.25, -0.2) is 0 Å². The van der Waals surface area contributed by atoms with E-state index in [1.807, 2.05) is 12.1 Å². The lowest BCUT2D eigenvalue weighted by Gasteiger charge is -2.09. The van der Waals surface area contributed by atoms with Crippen LogP contribution in [0.1, 0.15) is 13.8 Å². The molecule has 21 heavy (non-hydrogen) atoms. The van der Waals surface area contributed by atoms with E-state index < -0.39 is 0 Å². The van der Waals surface area contributed by atoms with Crippen molar-refractivity contribution in [2.24, 2.45) is 0 Å². The minimum absolute atomic E-state index is 0.779. The predicted molar refractivity (Wildman–Crippen MR) is 99.8 cm³/mol. The molecule has 0 aromatic heterocycles. The number of thioether (sulfide) groups is 2. The van der Waals surface area contributed by atoms with Gasteiger partial charge in [-0.2, -0.15) is 0 Å². The van der Waals surface area contributed by atoms with Crippen LogP contribution in [0, 0.1) is 0 Å². The van der Waals surface area contributed by atoms with Crippen LogP contribution in [0.5, 0.6) is 0 Å². The molecule has 0 atom stereocenters. The zero-order valence-electron chi connectivity index (χ0n) is 11.9. The van der Waals surface area contributed by atoms with Gasteiger partial charge < -0.3 is 0 Å². The quantitative estimate of drug-likeness (QED) is 0.484. The Balaban J connectivity index is 2.18. The molecule has 0 fully saturated rings. The molecule has 0 N–H and O–H groups in total. The van der Waals surface area contributed by atoms with E-state index in [4.69, 9.17) is 23.2 Å². The summed E-state index contributed by atoms with van der Waals surface area (Å²) in [5.41, 5.74) is 0. The van der Waals surface area contributed by atoms with Gasteiger partial charge in [0.1, 0.15) is 0 Å². The average molecular weight is 375 g/mol. The van der Waals surface area contributed by atoms with Crippen LogP contribution in [0.2, 0.25) is 10.0 Å². The van der Waals surface area contributed by atoms with Crippen molar-refractivity contribution in [3.63, 3.8) is 0 Å². The molecule has 0 radical (unpaired) electrons. The van der Waals surface area contributed by atoms with Gasteiger partial charge in [0.15, 0.2) is 0 Å². The molecular weight excluding hydrogens is 359 g/mol. The van der Waals surface area contributed by atoms with Crippen molar-refractivity contribution in [3.8, 4) is 0 Å². The highest BCUT2D eigenvalue weighted by Gasteiger charge is 2.08. The minimum Gasteiger partial charge on any atom is -0.126 e. The second-order valence-electron chi connectivity index (χ2n) is 4.15. The van der Waals surface area contributed by atoms with E-state index in [0.29, 0.717) is 0 Å². The number of benzene rings is 2. The zero-order chi connectivity index (χ0) is 15.2. The van der Waals surface area contributed by atoms with Gasteiger partial charge in [-0.05, 0) is 47.9 Å². The first kappa shape index (κ1) is 17.4. The Bertz CT molecular complexity index is 561. The molecule has 0 spiro atoms. The summed E-state index contributed by atoms with van der Waals surface area (Å²) < 4.78 is 0. The van der Waals surface area contributed by atoms with Crippen molar-refractivity contribution in [2.75, 3.05) is 11.5 Å². The first-order chi connectivity index (χ1) is 10.1. The van der Waals surface area contributed by atoms with Crippen molar-refractivity contribution < 1.29 is 0 Å². The molecule has 2 aromatic carbocycles. The van der Waals surface area contributed by atoms with Crippen LogP contribution in [0.4, 0.5) is 0 Å². The maximum atomic E-state index is 6.37. The molecule has 0 aliphatic rings. The van der Waals surface area contributed by atoms with Crippen molar-refractivity contribution in [2.45, 2.75) is 33.4 Å². The second kappa shape index (κ2) is 8.64. The highest BCUT2D eigenvalue weighted by Crippen LogP contribution is 2.39. The Kier molecular flexibility index (Phi) is 7.17. The molecule has 0 saturated carbocycles. The summed E-state index contributed by atoms with van der Waals surface area (Å²) in [5, 5.41) is 1.56. The summed E-state index contributed by atoms with van der Waals surface area (Å²) in [6.07, 6.45) is 0. The molecule has 0 nitrogen and oxygen atoms in total. The van der Waals surface area contributed by atoms with Gasteiger partial charge in [0.25, 0.3) is 0 Å². The van der Waals surface area contributed by atoms with E-state index in [1.165, 1.54) is 9.79 Å². The van der Waals surface area contributed by atoms with Crippen LogP contribution >= 0.6 is 58.5 Å². The lowest BCUT2D eigenvalue weighted by atomic mass is 10.3. The average Bonchev–Trinajstić information content (AvgIpc) is 2.45. The molecular formula is C16H16Cl2S3. The zero-order valence-corrected chi connectivity index (χ0v) is 15.8. The molecule has 5 heteroatoms. The summed E-state index contributed by atoms with van der Waals surface area (Å²) in [7, 11) is 0. The molecule has 2 rings (SSSR count). The van der Waals surface area contributed by atoms with E-state index in [1.54, 1.807) is 35.3 Å². The molecule has 0 amide bonds. The van der Waals surface area contributed by atoms with Crippen LogP contribution in [0.25, 0.3) is 0 Å². The van der Waals surface area contributed by atoms with Crippen LogP contribution in [-0.4, -0.2) is 11.5 Å². The number of hydrogen-bond acceptors (Lipinski definition) is 3. The van der Waals surface area contributed by atoms with Gasteiger partial charge in [0.05, 0.1) is 10.0 Å². The topological polar surface area (TPSA) is 0 Å². The molecule has 0 aliphatic carbocycles. The fourth-order valence-corrected chi connectivity index (χ4v) is 4.70. The summed E-state index contributed by atoms with van der Waals surface area (Å²) in [5.74, 6) is 2.09. The lowest BCUT2D eigenvalue weighted by molar-refractivity contribution is 1.31. The third kappa shape index (κ3) is 5.04. The second-order valence-corrected chi connectivity index (χ2v) is 8.73. The van der Waals surface area contributed by atoms with Crippen molar-refractivity contribution in [3.05, 3.63) is 46.4 Å². The van der Waals surface area contributed by atoms with Gasteiger partial charge in [-0.15, -0.1) is 23.5 Å². The van der Waals surface area contributed by atoms with Gasteiger partial charge in [0, 0.05) is 19.6 Å². The molecule has 0 saturated heterocycles. The van der Waals surface area contributed by atoms with Crippen LogP contribution in [0.3, 0.4) is 0 Å². The van der Waals surface area contributed by atoms with E-state index in [9.17, 15) is 0 Å². The largest absolute Gasteiger partial charge is 0.126 e. The summed E-state index contributed by atoms with van der Waals surface area (Å²) in [6, 6.07) is 12.4. The Morgan fingerprint density at radius 2 is 1.19 bits per heavy atom. The first-order valence-electron chi connectivity index (χ1n) is 6.66. The van der Waals surface area contributed by atoms with E-state index in [0.717, 1.165) is 31.3 Å². The highest BCUT2D eigenvalue weighted by atomic mass is 35.5. The maximum Gasteiger partial charge on any atom is 0.0556 e. The van der Waals surface area contributed by atoms with Gasteiger partial charge in [0.2, 0.25) is 0 Å². The van der Waals surface area contributed by atoms with E-state index in [-0.39, 0.29) is 0 Å². The summed E-state index contributed by atoms with van der Waals surface area (Å²) >= 11 is 17.9. The van der Waals surface area contributed by atoms with Gasteiger partial charge in [-0.3, -0.25) is 0 Å². The Labute approximate surface area is 149 Å². The smallest absolute Gasteiger partial charge is 0.0556 e. The highest BCUT2D eigenvalue weighted by molar-refractivity contribution is 8.00. The predicted octanol–water partition coefficient (Wildman–Crippen LogP) is 7.37. The number of halogens is 2. The Morgan fingerprint density at radius 1 is 0.762 bits per heavy atom. The van der Waals surface area contributed by atoms with Crippen LogP contribution in [-0.2, 0) is 0 Å². The third-order valence-corrected chi connectivity index (χ3v) is 6.40. The fraction of sp³-hybridized carbons (Fsp3) is 0.250. The molecule has 0 heterocycles. The maximum absolute atomic E-state index is 6.37. The third-order valence-electron chi connectivity index (χ3n) is 2.65. The lowest BCUT2D eigenvalue weighted by Crippen LogP contribution is -1.81. The fourth-order valence-electron chi connectivity index (χ4n) is 1.76.